The highest BCUT2D eigenvalue weighted by Gasteiger charge is 2.13. The van der Waals surface area contributed by atoms with E-state index in [1.807, 2.05) is 36.7 Å². The van der Waals surface area contributed by atoms with Crippen molar-refractivity contribution in [3.63, 3.8) is 0 Å². The van der Waals surface area contributed by atoms with E-state index in [0.29, 0.717) is 22.4 Å². The molecule has 5 aromatic rings. The summed E-state index contributed by atoms with van der Waals surface area (Å²) in [6.45, 7) is 0. The molecule has 0 aliphatic heterocycles. The second-order valence-electron chi connectivity index (χ2n) is 7.39. The molecule has 2 aromatic heterocycles. The largest absolute Gasteiger partial charge is 0.322 e. The molecule has 0 saturated carbocycles. The molecule has 160 valence electrons. The predicted octanol–water partition coefficient (Wildman–Crippen LogP) is 4.66. The number of anilines is 1. The first-order valence-corrected chi connectivity index (χ1v) is 10.3. The van der Waals surface area contributed by atoms with Gasteiger partial charge in [-0.1, -0.05) is 42.5 Å². The van der Waals surface area contributed by atoms with Crippen LogP contribution in [0, 0.1) is 0 Å². The lowest BCUT2D eigenvalue weighted by molar-refractivity contribution is 0.102. The zero-order valence-corrected chi connectivity index (χ0v) is 17.5. The highest BCUT2D eigenvalue weighted by atomic mass is 16.1. The van der Waals surface area contributed by atoms with Gasteiger partial charge in [-0.2, -0.15) is 10.2 Å². The first-order chi connectivity index (χ1) is 16.2. The zero-order chi connectivity index (χ0) is 22.6. The molecule has 2 heterocycles. The molecule has 0 saturated heterocycles. The maximum absolute atomic E-state index is 13.2. The average Bonchev–Trinajstić information content (AvgIpc) is 3.52. The van der Waals surface area contributed by atoms with Crippen LogP contribution in [0.2, 0.25) is 0 Å². The lowest BCUT2D eigenvalue weighted by atomic mass is 10.0. The van der Waals surface area contributed by atoms with E-state index in [-0.39, 0.29) is 11.7 Å². The molecule has 0 aliphatic carbocycles. The highest BCUT2D eigenvalue weighted by Crippen LogP contribution is 2.20. The Bertz CT molecular complexity index is 1470. The van der Waals surface area contributed by atoms with Gasteiger partial charge >= 0.3 is 0 Å². The fourth-order valence-electron chi connectivity index (χ4n) is 3.48. The molecule has 0 spiro atoms. The number of ketones is 1. The molecule has 0 radical (unpaired) electrons. The van der Waals surface area contributed by atoms with Crippen molar-refractivity contribution >= 4 is 34.6 Å². The van der Waals surface area contributed by atoms with Gasteiger partial charge in [-0.05, 0) is 42.5 Å². The Morgan fingerprint density at radius 3 is 2.39 bits per heavy atom. The Morgan fingerprint density at radius 1 is 0.818 bits per heavy atom. The van der Waals surface area contributed by atoms with Gasteiger partial charge in [0.15, 0.2) is 5.78 Å². The Balaban J connectivity index is 1.40. The van der Waals surface area contributed by atoms with Crippen molar-refractivity contribution in [1.29, 1.82) is 0 Å². The number of hydrogen-bond donors (Lipinski definition) is 1. The van der Waals surface area contributed by atoms with E-state index in [1.54, 1.807) is 82.6 Å². The predicted molar refractivity (Wildman–Crippen MR) is 128 cm³/mol. The number of carbonyl (C=O) groups is 2. The molecule has 1 N–H and O–H groups in total. The number of rotatable bonds is 6. The second kappa shape index (κ2) is 8.76. The summed E-state index contributed by atoms with van der Waals surface area (Å²) in [5.74, 6) is -0.379. The zero-order valence-electron chi connectivity index (χ0n) is 17.5. The SMILES string of the molecule is O=C(Nc1cccc(C(=O)c2ccc3cnn(C=Nn4cccc4)c3c2)c1)c1ccccc1. The lowest BCUT2D eigenvalue weighted by Gasteiger charge is -2.08. The van der Waals surface area contributed by atoms with Crippen LogP contribution in [-0.2, 0) is 0 Å². The summed E-state index contributed by atoms with van der Waals surface area (Å²) in [5, 5.41) is 12.4. The number of nitrogens with zero attached hydrogens (tertiary/aromatic N) is 4. The summed E-state index contributed by atoms with van der Waals surface area (Å²) in [6, 6.07) is 25.0. The third-order valence-corrected chi connectivity index (χ3v) is 5.16. The minimum absolute atomic E-state index is 0.150. The van der Waals surface area contributed by atoms with Gasteiger partial charge in [0.05, 0.1) is 11.7 Å². The van der Waals surface area contributed by atoms with Crippen LogP contribution in [0.15, 0.2) is 109 Å². The summed E-state index contributed by atoms with van der Waals surface area (Å²) in [4.78, 5) is 25.6. The van der Waals surface area contributed by atoms with Gasteiger partial charge in [-0.25, -0.2) is 9.36 Å². The standard InChI is InChI=1S/C26H19N5O2/c32-25(20-9-6-10-23(15-20)29-26(33)19-7-2-1-3-8-19)21-11-12-22-17-27-31(24(22)16-21)18-28-30-13-4-5-14-30/h1-18H,(H,29,33). The van der Waals surface area contributed by atoms with Gasteiger partial charge in [0.25, 0.3) is 5.91 Å². The smallest absolute Gasteiger partial charge is 0.255 e. The van der Waals surface area contributed by atoms with Crippen LogP contribution in [0.3, 0.4) is 0 Å². The molecule has 33 heavy (non-hydrogen) atoms. The van der Waals surface area contributed by atoms with Crippen molar-refractivity contribution in [3.8, 4) is 0 Å². The Labute approximate surface area is 189 Å². The van der Waals surface area contributed by atoms with Gasteiger partial charge in [-0.3, -0.25) is 9.59 Å². The van der Waals surface area contributed by atoms with Crippen molar-refractivity contribution in [2.45, 2.75) is 0 Å². The van der Waals surface area contributed by atoms with Gasteiger partial charge < -0.3 is 5.32 Å². The molecule has 0 unspecified atom stereocenters. The topological polar surface area (TPSA) is 81.3 Å². The fourth-order valence-corrected chi connectivity index (χ4v) is 3.48. The van der Waals surface area contributed by atoms with E-state index in [1.165, 1.54) is 0 Å². The Morgan fingerprint density at radius 2 is 1.58 bits per heavy atom. The number of fused-ring (bicyclic) bond motifs is 1. The van der Waals surface area contributed by atoms with Crippen LogP contribution in [0.5, 0.6) is 0 Å². The first kappa shape index (κ1) is 20.1. The van der Waals surface area contributed by atoms with Gasteiger partial charge in [0.2, 0.25) is 0 Å². The third kappa shape index (κ3) is 4.33. The van der Waals surface area contributed by atoms with Crippen LogP contribution in [0.4, 0.5) is 5.69 Å². The average molecular weight is 433 g/mol. The van der Waals surface area contributed by atoms with E-state index < -0.39 is 0 Å². The molecular formula is C26H19N5O2. The van der Waals surface area contributed by atoms with E-state index in [9.17, 15) is 9.59 Å². The highest BCUT2D eigenvalue weighted by molar-refractivity contribution is 6.11. The summed E-state index contributed by atoms with van der Waals surface area (Å²) in [7, 11) is 0. The Hall–Kier alpha value is -4.78. The summed E-state index contributed by atoms with van der Waals surface area (Å²) < 4.78 is 3.29. The maximum atomic E-state index is 13.2. The van der Waals surface area contributed by atoms with Crippen LogP contribution >= 0.6 is 0 Å². The summed E-state index contributed by atoms with van der Waals surface area (Å²) in [6.07, 6.45) is 6.96. The van der Waals surface area contributed by atoms with Crippen LogP contribution in [0.1, 0.15) is 26.3 Å². The molecule has 0 fully saturated rings. The van der Waals surface area contributed by atoms with E-state index in [0.717, 1.165) is 10.9 Å². The number of benzene rings is 3. The normalized spacial score (nSPS) is 11.2. The third-order valence-electron chi connectivity index (χ3n) is 5.16. The minimum atomic E-state index is -0.229. The van der Waals surface area contributed by atoms with Gasteiger partial charge in [0, 0.05) is 40.2 Å². The van der Waals surface area contributed by atoms with Gasteiger partial charge in [-0.15, -0.1) is 0 Å². The lowest BCUT2D eigenvalue weighted by Crippen LogP contribution is -2.12. The van der Waals surface area contributed by atoms with E-state index in [2.05, 4.69) is 15.5 Å². The summed E-state index contributed by atoms with van der Waals surface area (Å²) >= 11 is 0. The second-order valence-corrected chi connectivity index (χ2v) is 7.39. The molecule has 3 aromatic carbocycles. The summed E-state index contributed by atoms with van der Waals surface area (Å²) in [5.41, 5.74) is 2.87. The molecule has 0 aliphatic rings. The Kier molecular flexibility index (Phi) is 5.35. The van der Waals surface area contributed by atoms with Crippen LogP contribution in [0.25, 0.3) is 10.9 Å². The monoisotopic (exact) mass is 433 g/mol. The number of carbonyl (C=O) groups excluding carboxylic acids is 2. The van der Waals surface area contributed by atoms with Crippen molar-refractivity contribution < 1.29 is 9.59 Å². The molecule has 1 amide bonds. The van der Waals surface area contributed by atoms with Crippen LogP contribution in [-0.4, -0.2) is 32.5 Å². The minimum Gasteiger partial charge on any atom is -0.322 e. The van der Waals surface area contributed by atoms with Crippen molar-refractivity contribution in [1.82, 2.24) is 14.5 Å². The maximum Gasteiger partial charge on any atom is 0.255 e. The molecule has 7 nitrogen and oxygen atoms in total. The molecular weight excluding hydrogens is 414 g/mol. The van der Waals surface area contributed by atoms with Gasteiger partial charge in [0.1, 0.15) is 6.34 Å². The molecule has 0 atom stereocenters. The van der Waals surface area contributed by atoms with E-state index in [4.69, 9.17) is 0 Å². The quantitative estimate of drug-likeness (QED) is 0.240. The first-order valence-electron chi connectivity index (χ1n) is 10.3. The number of aromatic nitrogens is 3. The van der Waals surface area contributed by atoms with Crippen LogP contribution < -0.4 is 5.32 Å². The fraction of sp³-hybridized carbons (Fsp3) is 0. The molecule has 0 bridgehead atoms. The number of hydrogen-bond acceptors (Lipinski definition) is 4. The number of amides is 1. The molecule has 5 rings (SSSR count). The van der Waals surface area contributed by atoms with E-state index >= 15 is 0 Å². The molecule has 7 heteroatoms. The van der Waals surface area contributed by atoms with Crippen molar-refractivity contribution in [2.75, 3.05) is 5.32 Å². The number of nitrogens with one attached hydrogen (secondary N) is 1. The van der Waals surface area contributed by atoms with Crippen molar-refractivity contribution in [3.05, 3.63) is 120 Å². The van der Waals surface area contributed by atoms with Crippen molar-refractivity contribution in [2.24, 2.45) is 5.10 Å².